The number of alkyl halides is 3. The Labute approximate surface area is 96.1 Å². The summed E-state index contributed by atoms with van der Waals surface area (Å²) >= 11 is 5.81. The van der Waals surface area contributed by atoms with Gasteiger partial charge in [0.2, 0.25) is 0 Å². The van der Waals surface area contributed by atoms with Crippen LogP contribution in [0.4, 0.5) is 18.9 Å². The zero-order valence-corrected chi connectivity index (χ0v) is 9.11. The van der Waals surface area contributed by atoms with Crippen molar-refractivity contribution in [1.82, 2.24) is 0 Å². The zero-order valence-electron chi connectivity index (χ0n) is 8.35. The molecule has 0 heterocycles. The maximum absolute atomic E-state index is 11.8. The van der Waals surface area contributed by atoms with Crippen molar-refractivity contribution < 1.29 is 17.9 Å². The normalized spacial score (nSPS) is 11.8. The molecule has 0 aliphatic rings. The van der Waals surface area contributed by atoms with Crippen LogP contribution in [0.1, 0.15) is 12.0 Å². The summed E-state index contributed by atoms with van der Waals surface area (Å²) in [6, 6.07) is 4.77. The molecule has 0 aliphatic carbocycles. The fourth-order valence-corrected chi connectivity index (χ4v) is 1.25. The van der Waals surface area contributed by atoms with E-state index in [-0.39, 0.29) is 13.2 Å². The second-order valence-corrected chi connectivity index (χ2v) is 3.68. The first-order valence-electron chi connectivity index (χ1n) is 4.57. The fraction of sp³-hybridized carbons (Fsp3) is 0.400. The molecule has 0 spiro atoms. The summed E-state index contributed by atoms with van der Waals surface area (Å²) in [4.78, 5) is 0. The summed E-state index contributed by atoms with van der Waals surface area (Å²) in [6.07, 6.45) is -5.16. The minimum atomic E-state index is -4.19. The fourth-order valence-electron chi connectivity index (χ4n) is 1.08. The summed E-state index contributed by atoms with van der Waals surface area (Å²) < 4.78 is 40.3. The predicted molar refractivity (Wildman–Crippen MR) is 56.2 cm³/mol. The van der Waals surface area contributed by atoms with Crippen molar-refractivity contribution in [1.29, 1.82) is 0 Å². The van der Waals surface area contributed by atoms with E-state index in [9.17, 15) is 13.2 Å². The van der Waals surface area contributed by atoms with Gasteiger partial charge in [-0.3, -0.25) is 0 Å². The maximum Gasteiger partial charge on any atom is 0.391 e. The molecule has 2 nitrogen and oxygen atoms in total. The van der Waals surface area contributed by atoms with Crippen molar-refractivity contribution in [3.8, 4) is 0 Å². The van der Waals surface area contributed by atoms with Gasteiger partial charge in [-0.05, 0) is 23.8 Å². The highest BCUT2D eigenvalue weighted by Gasteiger charge is 2.26. The molecular weight excluding hydrogens is 243 g/mol. The van der Waals surface area contributed by atoms with Gasteiger partial charge in [0.25, 0.3) is 0 Å². The molecule has 1 aromatic rings. The Balaban J connectivity index is 2.40. The van der Waals surface area contributed by atoms with Crippen molar-refractivity contribution in [3.63, 3.8) is 0 Å². The highest BCUT2D eigenvalue weighted by molar-refractivity contribution is 6.31. The topological polar surface area (TPSA) is 35.2 Å². The molecule has 90 valence electrons. The summed E-state index contributed by atoms with van der Waals surface area (Å²) in [7, 11) is 0. The van der Waals surface area contributed by atoms with Gasteiger partial charge in [-0.2, -0.15) is 13.2 Å². The van der Waals surface area contributed by atoms with Gasteiger partial charge in [0, 0.05) is 10.7 Å². The van der Waals surface area contributed by atoms with Gasteiger partial charge < -0.3 is 10.5 Å². The molecule has 0 radical (unpaired) electrons. The molecule has 16 heavy (non-hydrogen) atoms. The lowest BCUT2D eigenvalue weighted by molar-refractivity contribution is -0.146. The molecule has 1 rings (SSSR count). The molecule has 0 saturated carbocycles. The van der Waals surface area contributed by atoms with E-state index in [1.165, 1.54) is 0 Å². The van der Waals surface area contributed by atoms with Crippen molar-refractivity contribution in [2.75, 3.05) is 12.3 Å². The number of nitrogens with two attached hydrogens (primary N) is 1. The first-order valence-corrected chi connectivity index (χ1v) is 4.95. The molecule has 0 bridgehead atoms. The number of ether oxygens (including phenoxy) is 1. The van der Waals surface area contributed by atoms with E-state index >= 15 is 0 Å². The van der Waals surface area contributed by atoms with E-state index in [1.54, 1.807) is 18.2 Å². The molecule has 1 aromatic carbocycles. The summed E-state index contributed by atoms with van der Waals surface area (Å²) in [6.45, 7) is -0.353. The number of hydrogen-bond acceptors (Lipinski definition) is 2. The highest BCUT2D eigenvalue weighted by Crippen LogP contribution is 2.22. The molecule has 0 amide bonds. The van der Waals surface area contributed by atoms with Crippen molar-refractivity contribution in [3.05, 3.63) is 28.8 Å². The lowest BCUT2D eigenvalue weighted by Gasteiger charge is -2.08. The van der Waals surface area contributed by atoms with Gasteiger partial charge >= 0.3 is 6.18 Å². The second-order valence-electron chi connectivity index (χ2n) is 3.27. The molecule has 0 saturated heterocycles. The Bertz CT molecular complexity index is 354. The van der Waals surface area contributed by atoms with Gasteiger partial charge in [0.1, 0.15) is 0 Å². The zero-order chi connectivity index (χ0) is 12.2. The first kappa shape index (κ1) is 13.1. The Morgan fingerprint density at radius 2 is 2.00 bits per heavy atom. The van der Waals surface area contributed by atoms with Crippen LogP contribution < -0.4 is 5.73 Å². The maximum atomic E-state index is 11.8. The molecule has 0 fully saturated rings. The smallest absolute Gasteiger partial charge is 0.391 e. The number of nitrogen functional groups attached to an aromatic ring is 1. The average Bonchev–Trinajstić information content (AvgIpc) is 2.16. The first-order chi connectivity index (χ1) is 7.38. The van der Waals surface area contributed by atoms with Gasteiger partial charge in [0.05, 0.1) is 19.6 Å². The van der Waals surface area contributed by atoms with Gasteiger partial charge in [-0.25, -0.2) is 0 Å². The van der Waals surface area contributed by atoms with Crippen LogP contribution in [0.15, 0.2) is 18.2 Å². The molecule has 0 atom stereocenters. The summed E-state index contributed by atoms with van der Waals surface area (Å²) in [5.74, 6) is 0. The monoisotopic (exact) mass is 253 g/mol. The Morgan fingerprint density at radius 1 is 1.31 bits per heavy atom. The standard InChI is InChI=1S/C10H11ClF3NO/c11-9-2-1-8(15)5-7(9)6-16-4-3-10(12,13)14/h1-2,5H,3-4,6,15H2. The van der Waals surface area contributed by atoms with Gasteiger partial charge in [-0.1, -0.05) is 11.6 Å². The van der Waals surface area contributed by atoms with Crippen molar-refractivity contribution >= 4 is 17.3 Å². The SMILES string of the molecule is Nc1ccc(Cl)c(COCCC(F)(F)F)c1. The van der Waals surface area contributed by atoms with Crippen LogP contribution >= 0.6 is 11.6 Å². The summed E-state index contributed by atoms with van der Waals surface area (Å²) in [5, 5.41) is 0.432. The number of benzene rings is 1. The van der Waals surface area contributed by atoms with E-state index in [4.69, 9.17) is 22.1 Å². The molecule has 0 aromatic heterocycles. The van der Waals surface area contributed by atoms with Gasteiger partial charge in [-0.15, -0.1) is 0 Å². The minimum absolute atomic E-state index is 0.0277. The lowest BCUT2D eigenvalue weighted by Crippen LogP contribution is -2.11. The Kier molecular flexibility index (Phi) is 4.44. The lowest BCUT2D eigenvalue weighted by atomic mass is 10.2. The van der Waals surface area contributed by atoms with Crippen molar-refractivity contribution in [2.45, 2.75) is 19.2 Å². The molecule has 0 unspecified atom stereocenters. The van der Waals surface area contributed by atoms with E-state index in [0.717, 1.165) is 0 Å². The third-order valence-corrected chi connectivity index (χ3v) is 2.23. The van der Waals surface area contributed by atoms with E-state index in [2.05, 4.69) is 0 Å². The van der Waals surface area contributed by atoms with Crippen LogP contribution in [0.3, 0.4) is 0 Å². The van der Waals surface area contributed by atoms with E-state index in [1.807, 2.05) is 0 Å². The largest absolute Gasteiger partial charge is 0.399 e. The molecule has 2 N–H and O–H groups in total. The third kappa shape index (κ3) is 4.72. The number of anilines is 1. The van der Waals surface area contributed by atoms with Crippen LogP contribution in [-0.4, -0.2) is 12.8 Å². The minimum Gasteiger partial charge on any atom is -0.399 e. The average molecular weight is 254 g/mol. The predicted octanol–water partition coefficient (Wildman–Crippen LogP) is 3.39. The quantitative estimate of drug-likeness (QED) is 0.659. The van der Waals surface area contributed by atoms with Gasteiger partial charge in [0.15, 0.2) is 0 Å². The number of rotatable bonds is 4. The van der Waals surface area contributed by atoms with Crippen LogP contribution in [0, 0.1) is 0 Å². The molecule has 0 aliphatic heterocycles. The van der Waals surface area contributed by atoms with Crippen LogP contribution in [0.2, 0.25) is 5.02 Å². The Hall–Kier alpha value is -0.940. The number of halogens is 4. The number of hydrogen-bond donors (Lipinski definition) is 1. The van der Waals surface area contributed by atoms with Crippen LogP contribution in [-0.2, 0) is 11.3 Å². The van der Waals surface area contributed by atoms with Crippen molar-refractivity contribution in [2.24, 2.45) is 0 Å². The summed E-state index contributed by atoms with van der Waals surface area (Å²) in [5.41, 5.74) is 6.59. The molecule has 6 heteroatoms. The second kappa shape index (κ2) is 5.41. The third-order valence-electron chi connectivity index (χ3n) is 1.86. The van der Waals surface area contributed by atoms with Crippen LogP contribution in [0.5, 0.6) is 0 Å². The van der Waals surface area contributed by atoms with E-state index in [0.29, 0.717) is 16.3 Å². The van der Waals surface area contributed by atoms with E-state index < -0.39 is 12.6 Å². The van der Waals surface area contributed by atoms with Crippen LogP contribution in [0.25, 0.3) is 0 Å². The Morgan fingerprint density at radius 3 is 2.62 bits per heavy atom. The highest BCUT2D eigenvalue weighted by atomic mass is 35.5. The molecular formula is C10H11ClF3NO.